The normalized spacial score (nSPS) is 11.5. The molecule has 2 aromatic carbocycles. The SMILES string of the molecule is CCOc1ccc(-c2[nH]c3c(C)cc(Cl)cc3c2CCCCN)c2ccc(C)nc12. The minimum absolute atomic E-state index is 0.610. The molecule has 0 aliphatic heterocycles. The van der Waals surface area contributed by atoms with Gasteiger partial charge in [-0.2, -0.15) is 0 Å². The second-order valence-electron chi connectivity index (χ2n) is 7.76. The molecule has 0 spiro atoms. The summed E-state index contributed by atoms with van der Waals surface area (Å²) in [5.74, 6) is 0.819. The first-order valence-electron chi connectivity index (χ1n) is 10.6. The largest absolute Gasteiger partial charge is 0.492 e. The van der Waals surface area contributed by atoms with E-state index in [1.54, 1.807) is 0 Å². The topological polar surface area (TPSA) is 63.9 Å². The molecule has 0 atom stereocenters. The molecule has 2 heterocycles. The molecule has 0 fully saturated rings. The first-order valence-corrected chi connectivity index (χ1v) is 11.0. The number of nitrogens with zero attached hydrogens (tertiary/aromatic N) is 1. The van der Waals surface area contributed by atoms with Crippen LogP contribution < -0.4 is 10.5 Å². The lowest BCUT2D eigenvalue weighted by molar-refractivity contribution is 0.343. The molecule has 156 valence electrons. The van der Waals surface area contributed by atoms with E-state index in [-0.39, 0.29) is 0 Å². The van der Waals surface area contributed by atoms with Crippen molar-refractivity contribution in [3.63, 3.8) is 0 Å². The lowest BCUT2D eigenvalue weighted by Gasteiger charge is -2.12. The Hall–Kier alpha value is -2.56. The molecule has 0 aliphatic carbocycles. The lowest BCUT2D eigenvalue weighted by atomic mass is 9.97. The molecule has 0 bridgehead atoms. The second-order valence-corrected chi connectivity index (χ2v) is 8.20. The molecule has 0 saturated carbocycles. The molecule has 4 rings (SSSR count). The molecule has 0 amide bonds. The molecule has 0 radical (unpaired) electrons. The Bertz CT molecular complexity index is 1210. The number of aromatic amines is 1. The van der Waals surface area contributed by atoms with Crippen LogP contribution in [-0.4, -0.2) is 23.1 Å². The zero-order valence-electron chi connectivity index (χ0n) is 17.8. The summed E-state index contributed by atoms with van der Waals surface area (Å²) < 4.78 is 5.86. The third-order valence-corrected chi connectivity index (χ3v) is 5.80. The van der Waals surface area contributed by atoms with Crippen LogP contribution in [0.25, 0.3) is 33.1 Å². The van der Waals surface area contributed by atoms with Gasteiger partial charge in [0.25, 0.3) is 0 Å². The van der Waals surface area contributed by atoms with Crippen molar-refractivity contribution >= 4 is 33.4 Å². The van der Waals surface area contributed by atoms with Crippen LogP contribution in [0.3, 0.4) is 0 Å². The summed E-state index contributed by atoms with van der Waals surface area (Å²) in [6, 6.07) is 12.4. The number of aromatic nitrogens is 2. The fraction of sp³-hybridized carbons (Fsp3) is 0.320. The van der Waals surface area contributed by atoms with Crippen LogP contribution in [0.2, 0.25) is 5.02 Å². The molecular formula is C25H28ClN3O. The van der Waals surface area contributed by atoms with Gasteiger partial charge in [-0.3, -0.25) is 0 Å². The maximum absolute atomic E-state index is 6.42. The fourth-order valence-corrected chi connectivity index (χ4v) is 4.47. The van der Waals surface area contributed by atoms with E-state index in [4.69, 9.17) is 27.1 Å². The van der Waals surface area contributed by atoms with E-state index >= 15 is 0 Å². The minimum atomic E-state index is 0.610. The zero-order chi connectivity index (χ0) is 21.3. The molecule has 5 heteroatoms. The van der Waals surface area contributed by atoms with Crippen LogP contribution in [0.15, 0.2) is 36.4 Å². The van der Waals surface area contributed by atoms with Crippen molar-refractivity contribution < 1.29 is 4.74 Å². The molecule has 0 unspecified atom stereocenters. The van der Waals surface area contributed by atoms with Gasteiger partial charge >= 0.3 is 0 Å². The van der Waals surface area contributed by atoms with Gasteiger partial charge in [-0.15, -0.1) is 0 Å². The summed E-state index contributed by atoms with van der Waals surface area (Å²) in [4.78, 5) is 8.50. The molecule has 30 heavy (non-hydrogen) atoms. The van der Waals surface area contributed by atoms with Gasteiger partial charge in [0.2, 0.25) is 0 Å². The first kappa shape index (κ1) is 20.7. The highest BCUT2D eigenvalue weighted by Gasteiger charge is 2.18. The molecule has 0 saturated heterocycles. The van der Waals surface area contributed by atoms with Gasteiger partial charge in [0, 0.05) is 32.6 Å². The number of hydrogen-bond donors (Lipinski definition) is 2. The van der Waals surface area contributed by atoms with Gasteiger partial charge in [0.1, 0.15) is 11.3 Å². The number of benzene rings is 2. The van der Waals surface area contributed by atoms with Crippen LogP contribution in [0.1, 0.15) is 36.6 Å². The molecule has 4 nitrogen and oxygen atoms in total. The van der Waals surface area contributed by atoms with Crippen molar-refractivity contribution in [1.29, 1.82) is 0 Å². The Morgan fingerprint density at radius 1 is 1.07 bits per heavy atom. The summed E-state index contributed by atoms with van der Waals surface area (Å²) >= 11 is 6.42. The van der Waals surface area contributed by atoms with Crippen LogP contribution in [0.4, 0.5) is 0 Å². The number of nitrogens with one attached hydrogen (secondary N) is 1. The summed E-state index contributed by atoms with van der Waals surface area (Å²) in [5.41, 5.74) is 13.5. The number of fused-ring (bicyclic) bond motifs is 2. The third kappa shape index (κ3) is 3.78. The third-order valence-electron chi connectivity index (χ3n) is 5.59. The Balaban J connectivity index is 1.99. The van der Waals surface area contributed by atoms with Gasteiger partial charge in [0.05, 0.1) is 12.3 Å². The fourth-order valence-electron chi connectivity index (χ4n) is 4.20. The van der Waals surface area contributed by atoms with Crippen LogP contribution in [0, 0.1) is 13.8 Å². The number of hydrogen-bond acceptors (Lipinski definition) is 3. The summed E-state index contributed by atoms with van der Waals surface area (Å²) in [6.45, 7) is 7.41. The average molecular weight is 422 g/mol. The number of nitrogens with two attached hydrogens (primary N) is 1. The number of halogens is 1. The highest BCUT2D eigenvalue weighted by Crippen LogP contribution is 2.39. The van der Waals surface area contributed by atoms with Crippen LogP contribution in [-0.2, 0) is 6.42 Å². The molecule has 3 N–H and O–H groups in total. The quantitative estimate of drug-likeness (QED) is 0.342. The highest BCUT2D eigenvalue weighted by molar-refractivity contribution is 6.31. The van der Waals surface area contributed by atoms with Gasteiger partial charge in [-0.1, -0.05) is 17.7 Å². The number of rotatable bonds is 7. The number of aryl methyl sites for hydroxylation is 3. The molecule has 4 aromatic rings. The number of H-pyrrole nitrogens is 1. The molecular weight excluding hydrogens is 394 g/mol. The van der Waals surface area contributed by atoms with Crippen molar-refractivity contribution in [2.45, 2.75) is 40.0 Å². The lowest BCUT2D eigenvalue weighted by Crippen LogP contribution is -2.00. The van der Waals surface area contributed by atoms with Crippen molar-refractivity contribution in [3.05, 3.63) is 58.2 Å². The summed E-state index contributed by atoms with van der Waals surface area (Å²) in [6.07, 6.45) is 2.98. The monoisotopic (exact) mass is 421 g/mol. The Morgan fingerprint density at radius 2 is 1.90 bits per heavy atom. The van der Waals surface area contributed by atoms with Gasteiger partial charge < -0.3 is 15.5 Å². The van der Waals surface area contributed by atoms with E-state index in [0.717, 1.165) is 69.0 Å². The number of unbranched alkanes of at least 4 members (excludes halogenated alkanes) is 1. The van der Waals surface area contributed by atoms with Crippen LogP contribution in [0.5, 0.6) is 5.75 Å². The van der Waals surface area contributed by atoms with Gasteiger partial charge in [-0.25, -0.2) is 4.98 Å². The first-order chi connectivity index (χ1) is 14.5. The number of pyridine rings is 1. The predicted molar refractivity (Wildman–Crippen MR) is 127 cm³/mol. The van der Waals surface area contributed by atoms with Crippen molar-refractivity contribution in [2.75, 3.05) is 13.2 Å². The maximum atomic E-state index is 6.42. The van der Waals surface area contributed by atoms with E-state index < -0.39 is 0 Å². The van der Waals surface area contributed by atoms with E-state index in [1.165, 1.54) is 10.9 Å². The van der Waals surface area contributed by atoms with Gasteiger partial charge in [-0.05, 0) is 88.0 Å². The zero-order valence-corrected chi connectivity index (χ0v) is 18.6. The Labute approximate surface area is 182 Å². The van der Waals surface area contributed by atoms with E-state index in [0.29, 0.717) is 13.2 Å². The van der Waals surface area contributed by atoms with Crippen molar-refractivity contribution in [3.8, 4) is 17.0 Å². The van der Waals surface area contributed by atoms with Crippen molar-refractivity contribution in [1.82, 2.24) is 9.97 Å². The van der Waals surface area contributed by atoms with E-state index in [1.807, 2.05) is 26.0 Å². The van der Waals surface area contributed by atoms with E-state index in [2.05, 4.69) is 36.2 Å². The standard InChI is InChI=1S/C25H28ClN3O/c1-4-30-22-11-10-19(20-9-8-16(3)28-25(20)22)24-18(7-5-6-12-27)21-14-17(26)13-15(2)23(21)29-24/h8-11,13-14,29H,4-7,12,27H2,1-3H3. The second kappa shape index (κ2) is 8.66. The average Bonchev–Trinajstić information content (AvgIpc) is 3.07. The Kier molecular flexibility index (Phi) is 5.98. The van der Waals surface area contributed by atoms with Gasteiger partial charge in [0.15, 0.2) is 0 Å². The Morgan fingerprint density at radius 3 is 2.67 bits per heavy atom. The number of ether oxygens (including phenoxy) is 1. The van der Waals surface area contributed by atoms with Crippen molar-refractivity contribution in [2.24, 2.45) is 5.73 Å². The molecule has 2 aromatic heterocycles. The summed E-state index contributed by atoms with van der Waals surface area (Å²) in [7, 11) is 0. The van der Waals surface area contributed by atoms with E-state index in [9.17, 15) is 0 Å². The maximum Gasteiger partial charge on any atom is 0.145 e. The predicted octanol–water partition coefficient (Wildman–Crippen LogP) is 6.33. The summed E-state index contributed by atoms with van der Waals surface area (Å²) in [5, 5.41) is 3.04. The smallest absolute Gasteiger partial charge is 0.145 e. The molecule has 0 aliphatic rings. The van der Waals surface area contributed by atoms with Crippen LogP contribution >= 0.6 is 11.6 Å². The highest BCUT2D eigenvalue weighted by atomic mass is 35.5. The minimum Gasteiger partial charge on any atom is -0.492 e.